The van der Waals surface area contributed by atoms with Crippen molar-refractivity contribution in [3.63, 3.8) is 0 Å². The lowest BCUT2D eigenvalue weighted by atomic mass is 10.1. The highest BCUT2D eigenvalue weighted by Crippen LogP contribution is 2.32. The maximum atomic E-state index is 13.1. The smallest absolute Gasteiger partial charge is 0.336 e. The first-order valence-corrected chi connectivity index (χ1v) is 8.84. The molecule has 0 N–H and O–H groups in total. The van der Waals surface area contributed by atoms with Gasteiger partial charge in [-0.2, -0.15) is 13.2 Å². The number of benzene rings is 2. The van der Waals surface area contributed by atoms with Crippen LogP contribution in [0, 0.1) is 0 Å². The van der Waals surface area contributed by atoms with Crippen LogP contribution in [0.4, 0.5) is 13.2 Å². The summed E-state index contributed by atoms with van der Waals surface area (Å²) in [4.78, 5) is 16.2. The number of hydrogen-bond donors (Lipinski definition) is 0. The van der Waals surface area contributed by atoms with Gasteiger partial charge in [-0.1, -0.05) is 54.6 Å². The van der Waals surface area contributed by atoms with Gasteiger partial charge < -0.3 is 4.90 Å². The summed E-state index contributed by atoms with van der Waals surface area (Å²) >= 11 is 0. The molecule has 0 spiro atoms. The number of carbonyl (C=O) groups is 1. The van der Waals surface area contributed by atoms with Gasteiger partial charge in [-0.05, 0) is 17.7 Å². The molecule has 0 bridgehead atoms. The number of alkyl halides is 3. The van der Waals surface area contributed by atoms with E-state index in [0.717, 1.165) is 18.2 Å². The Bertz CT molecular complexity index is 795. The van der Waals surface area contributed by atoms with Gasteiger partial charge in [-0.25, -0.2) is 0 Å². The summed E-state index contributed by atoms with van der Waals surface area (Å²) in [5.74, 6) is -0.553. The second-order valence-electron chi connectivity index (χ2n) is 6.45. The van der Waals surface area contributed by atoms with Gasteiger partial charge in [0.25, 0.3) is 5.91 Å². The SMILES string of the molecule is O=C(c1ccccc1C(F)(F)F)N1CCN(CC=Cc2ccccc2)CC1. The number of amides is 1. The van der Waals surface area contributed by atoms with Crippen molar-refractivity contribution in [2.75, 3.05) is 32.7 Å². The number of nitrogens with zero attached hydrogens (tertiary/aromatic N) is 2. The van der Waals surface area contributed by atoms with Gasteiger partial charge in [0, 0.05) is 32.7 Å². The number of rotatable bonds is 4. The fourth-order valence-corrected chi connectivity index (χ4v) is 3.12. The lowest BCUT2D eigenvalue weighted by molar-refractivity contribution is -0.138. The second kappa shape index (κ2) is 8.39. The predicted octanol–water partition coefficient (Wildman–Crippen LogP) is 4.18. The van der Waals surface area contributed by atoms with Crippen LogP contribution in [-0.2, 0) is 6.18 Å². The van der Waals surface area contributed by atoms with E-state index < -0.39 is 17.6 Å². The first-order valence-electron chi connectivity index (χ1n) is 8.84. The van der Waals surface area contributed by atoms with Crippen molar-refractivity contribution in [1.82, 2.24) is 9.80 Å². The molecule has 0 atom stereocenters. The molecule has 2 aromatic rings. The summed E-state index contributed by atoms with van der Waals surface area (Å²) in [5.41, 5.74) is -0.0271. The standard InChI is InChI=1S/C21H21F3N2O/c22-21(23,24)19-11-5-4-10-18(19)20(27)26-15-13-25(14-16-26)12-6-9-17-7-2-1-3-8-17/h1-11H,12-16H2. The maximum absolute atomic E-state index is 13.1. The quantitative estimate of drug-likeness (QED) is 0.802. The van der Waals surface area contributed by atoms with Crippen LogP contribution in [0.3, 0.4) is 0 Å². The summed E-state index contributed by atoms with van der Waals surface area (Å²) in [7, 11) is 0. The number of carbonyl (C=O) groups excluding carboxylic acids is 1. The third-order valence-electron chi connectivity index (χ3n) is 4.60. The maximum Gasteiger partial charge on any atom is 0.417 e. The largest absolute Gasteiger partial charge is 0.417 e. The molecule has 0 aliphatic carbocycles. The normalized spacial score (nSPS) is 16.0. The Balaban J connectivity index is 1.57. The third kappa shape index (κ3) is 4.98. The highest BCUT2D eigenvalue weighted by molar-refractivity contribution is 5.96. The first kappa shape index (κ1) is 19.2. The van der Waals surface area contributed by atoms with Crippen LogP contribution in [0.5, 0.6) is 0 Å². The van der Waals surface area contributed by atoms with E-state index >= 15 is 0 Å². The Morgan fingerprint density at radius 3 is 2.22 bits per heavy atom. The van der Waals surface area contributed by atoms with E-state index in [1.54, 1.807) is 0 Å². The Hall–Kier alpha value is -2.60. The third-order valence-corrected chi connectivity index (χ3v) is 4.60. The van der Waals surface area contributed by atoms with Crippen LogP contribution < -0.4 is 0 Å². The minimum absolute atomic E-state index is 0.276. The van der Waals surface area contributed by atoms with E-state index in [4.69, 9.17) is 0 Å². The molecule has 6 heteroatoms. The first-order chi connectivity index (χ1) is 12.9. The van der Waals surface area contributed by atoms with Crippen molar-refractivity contribution in [1.29, 1.82) is 0 Å². The van der Waals surface area contributed by atoms with E-state index in [1.807, 2.05) is 36.4 Å². The molecule has 0 saturated carbocycles. The number of hydrogen-bond acceptors (Lipinski definition) is 2. The minimum atomic E-state index is -4.53. The Labute approximate surface area is 156 Å². The predicted molar refractivity (Wildman–Crippen MR) is 99.3 cm³/mol. The van der Waals surface area contributed by atoms with Gasteiger partial charge in [0.1, 0.15) is 0 Å². The van der Waals surface area contributed by atoms with Crippen molar-refractivity contribution in [3.8, 4) is 0 Å². The fraction of sp³-hybridized carbons (Fsp3) is 0.286. The lowest BCUT2D eigenvalue weighted by Crippen LogP contribution is -2.48. The minimum Gasteiger partial charge on any atom is -0.336 e. The average molecular weight is 374 g/mol. The number of halogens is 3. The molecule has 1 aliphatic rings. The van der Waals surface area contributed by atoms with Crippen molar-refractivity contribution < 1.29 is 18.0 Å². The van der Waals surface area contributed by atoms with E-state index in [-0.39, 0.29) is 5.56 Å². The van der Waals surface area contributed by atoms with Crippen LogP contribution >= 0.6 is 0 Å². The van der Waals surface area contributed by atoms with Gasteiger partial charge in [0.2, 0.25) is 0 Å². The lowest BCUT2D eigenvalue weighted by Gasteiger charge is -2.34. The molecule has 3 nitrogen and oxygen atoms in total. The molecule has 142 valence electrons. The van der Waals surface area contributed by atoms with Gasteiger partial charge in [-0.3, -0.25) is 9.69 Å². The van der Waals surface area contributed by atoms with E-state index in [1.165, 1.54) is 23.1 Å². The van der Waals surface area contributed by atoms with Crippen molar-refractivity contribution >= 4 is 12.0 Å². The highest BCUT2D eigenvalue weighted by atomic mass is 19.4. The van der Waals surface area contributed by atoms with Gasteiger partial charge in [-0.15, -0.1) is 0 Å². The Kier molecular flexibility index (Phi) is 5.96. The van der Waals surface area contributed by atoms with Crippen LogP contribution in [0.2, 0.25) is 0 Å². The summed E-state index contributed by atoms with van der Waals surface area (Å²) in [6.45, 7) is 2.86. The monoisotopic (exact) mass is 374 g/mol. The molecule has 0 radical (unpaired) electrons. The highest BCUT2D eigenvalue weighted by Gasteiger charge is 2.36. The van der Waals surface area contributed by atoms with Gasteiger partial charge in [0.15, 0.2) is 0 Å². The van der Waals surface area contributed by atoms with E-state index in [2.05, 4.69) is 11.0 Å². The van der Waals surface area contributed by atoms with Crippen LogP contribution in [0.15, 0.2) is 60.7 Å². The molecule has 1 heterocycles. The Morgan fingerprint density at radius 2 is 1.56 bits per heavy atom. The summed E-state index contributed by atoms with van der Waals surface area (Å²) < 4.78 is 39.4. The zero-order valence-electron chi connectivity index (χ0n) is 14.8. The van der Waals surface area contributed by atoms with E-state index in [9.17, 15) is 18.0 Å². The van der Waals surface area contributed by atoms with Crippen LogP contribution in [0.25, 0.3) is 6.08 Å². The van der Waals surface area contributed by atoms with Gasteiger partial charge in [0.05, 0.1) is 11.1 Å². The van der Waals surface area contributed by atoms with Gasteiger partial charge >= 0.3 is 6.18 Å². The van der Waals surface area contributed by atoms with E-state index in [0.29, 0.717) is 26.2 Å². The molecule has 1 saturated heterocycles. The zero-order chi connectivity index (χ0) is 19.3. The second-order valence-corrected chi connectivity index (χ2v) is 6.45. The van der Waals surface area contributed by atoms with Crippen LogP contribution in [0.1, 0.15) is 21.5 Å². The molecule has 1 aliphatic heterocycles. The Morgan fingerprint density at radius 1 is 0.926 bits per heavy atom. The molecule has 2 aromatic carbocycles. The zero-order valence-corrected chi connectivity index (χ0v) is 14.8. The fourth-order valence-electron chi connectivity index (χ4n) is 3.12. The number of piperazine rings is 1. The van der Waals surface area contributed by atoms with Crippen molar-refractivity contribution in [2.45, 2.75) is 6.18 Å². The topological polar surface area (TPSA) is 23.6 Å². The summed E-state index contributed by atoms with van der Waals surface area (Å²) in [6, 6.07) is 14.9. The molecule has 0 unspecified atom stereocenters. The molecular weight excluding hydrogens is 353 g/mol. The molecule has 1 amide bonds. The summed E-state index contributed by atoms with van der Waals surface area (Å²) in [6.07, 6.45) is -0.431. The summed E-state index contributed by atoms with van der Waals surface area (Å²) in [5, 5.41) is 0. The molecule has 1 fully saturated rings. The molecule has 0 aromatic heterocycles. The molecule has 27 heavy (non-hydrogen) atoms. The van der Waals surface area contributed by atoms with Crippen molar-refractivity contribution in [2.24, 2.45) is 0 Å². The molecular formula is C21H21F3N2O. The van der Waals surface area contributed by atoms with Crippen molar-refractivity contribution in [3.05, 3.63) is 77.4 Å². The average Bonchev–Trinajstić information content (AvgIpc) is 2.68. The molecule has 3 rings (SSSR count). The van der Waals surface area contributed by atoms with Crippen LogP contribution in [-0.4, -0.2) is 48.4 Å².